The molecule has 0 spiro atoms. The zero-order chi connectivity index (χ0) is 14.5. The van der Waals surface area contributed by atoms with Gasteiger partial charge in [0.05, 0.1) is 5.48 Å². The molecule has 0 bridgehead atoms. The molecule has 1 nitrogen and oxygen atoms in total. The van der Waals surface area contributed by atoms with E-state index in [0.717, 1.165) is 0 Å². The van der Waals surface area contributed by atoms with Crippen LogP contribution in [0.2, 0.25) is 0 Å². The highest BCUT2D eigenvalue weighted by molar-refractivity contribution is 5.48. The fourth-order valence-corrected chi connectivity index (χ4v) is 0.570. The Labute approximate surface area is 73.7 Å². The van der Waals surface area contributed by atoms with Crippen LogP contribution in [0.3, 0.4) is 0 Å². The maximum absolute atomic E-state index is 13.7. The average molecular weight is 164 g/mol. The molecule has 0 aliphatic carbocycles. The summed E-state index contributed by atoms with van der Waals surface area (Å²) < 4.78 is 76.6. The summed E-state index contributed by atoms with van der Waals surface area (Å²) >= 11 is 0. The van der Waals surface area contributed by atoms with Gasteiger partial charge < -0.3 is 5.73 Å². The average Bonchev–Trinajstić information content (AvgIpc) is 2.22. The van der Waals surface area contributed by atoms with Crippen LogP contribution >= 0.6 is 0 Å². The van der Waals surface area contributed by atoms with Crippen molar-refractivity contribution in [3.8, 4) is 0 Å². The monoisotopic (exact) mass is 164 g/mol. The molecule has 1 rings (SSSR count). The molecule has 2 N–H and O–H groups in total. The van der Waals surface area contributed by atoms with Crippen molar-refractivity contribution in [3.05, 3.63) is 29.7 Å². The number of alkyl halides is 2. The second-order valence-electron chi connectivity index (χ2n) is 1.86. The molecular formula is C8H9F2N. The molecular weight excluding hydrogens is 148 g/mol. The lowest BCUT2D eigenvalue weighted by Crippen LogP contribution is -2.09. The van der Waals surface area contributed by atoms with Gasteiger partial charge in [-0.15, -0.1) is 0 Å². The molecule has 0 unspecified atom stereocenters. The van der Waals surface area contributed by atoms with Crippen LogP contribution in [0.5, 0.6) is 0 Å². The largest absolute Gasteiger partial charge is 0.398 e. The number of para-hydroxylation sites is 1. The van der Waals surface area contributed by atoms with Crippen molar-refractivity contribution in [1.29, 1.82) is 0 Å². The first-order valence-corrected chi connectivity index (χ1v) is 2.67. The van der Waals surface area contributed by atoms with Gasteiger partial charge in [0.25, 0.3) is 5.92 Å². The van der Waals surface area contributed by atoms with E-state index in [9.17, 15) is 8.78 Å². The van der Waals surface area contributed by atoms with Crippen molar-refractivity contribution in [1.82, 2.24) is 0 Å². The van der Waals surface area contributed by atoms with Gasteiger partial charge >= 0.3 is 0 Å². The number of rotatable bonds is 1. The zero-order valence-electron chi connectivity index (χ0n) is 12.3. The van der Waals surface area contributed by atoms with Gasteiger partial charge in [-0.1, -0.05) is 18.1 Å². The standard InChI is InChI=1S/C8H9F2N/c1-8(9,10)6-4-2-3-5-7(6)11/h2-5H,11H2,1H3/i1D3,2D,3D,4D,5D. The molecule has 3 heteroatoms. The van der Waals surface area contributed by atoms with E-state index in [1.807, 2.05) is 0 Å². The van der Waals surface area contributed by atoms with Crippen molar-refractivity contribution in [2.45, 2.75) is 12.8 Å². The molecule has 1 aromatic rings. The number of benzene rings is 1. The molecule has 0 atom stereocenters. The van der Waals surface area contributed by atoms with Gasteiger partial charge in [-0.05, 0) is 6.04 Å². The molecule has 0 radical (unpaired) electrons. The molecule has 0 aromatic heterocycles. The Morgan fingerprint density at radius 3 is 2.82 bits per heavy atom. The summed E-state index contributed by atoms with van der Waals surface area (Å²) in [5, 5.41) is 0. The van der Waals surface area contributed by atoms with E-state index in [-0.39, 0.29) is 0 Å². The van der Waals surface area contributed by atoms with Gasteiger partial charge in [-0.25, -0.2) is 8.78 Å². The topological polar surface area (TPSA) is 26.0 Å². The second kappa shape index (κ2) is 2.49. The summed E-state index contributed by atoms with van der Waals surface area (Å²) in [6.45, 7) is -3.75. The number of halogens is 2. The number of hydrogen-bond acceptors (Lipinski definition) is 1. The van der Waals surface area contributed by atoms with Crippen LogP contribution in [0.25, 0.3) is 0 Å². The highest BCUT2D eigenvalue weighted by atomic mass is 19.3. The van der Waals surface area contributed by atoms with Gasteiger partial charge in [-0.2, -0.15) is 0 Å². The summed E-state index contributed by atoms with van der Waals surface area (Å²) in [6.07, 6.45) is 0. The van der Waals surface area contributed by atoms with Crippen LogP contribution in [-0.4, -0.2) is 0 Å². The van der Waals surface area contributed by atoms with Gasteiger partial charge in [0.1, 0.15) is 0 Å². The van der Waals surface area contributed by atoms with E-state index in [1.54, 1.807) is 0 Å². The lowest BCUT2D eigenvalue weighted by atomic mass is 10.1. The fourth-order valence-electron chi connectivity index (χ4n) is 0.570. The predicted molar refractivity (Wildman–Crippen MR) is 40.4 cm³/mol. The first kappa shape index (κ1) is 2.73. The van der Waals surface area contributed by atoms with Crippen molar-refractivity contribution < 1.29 is 18.4 Å². The number of hydrogen-bond donors (Lipinski definition) is 1. The Hall–Kier alpha value is -1.12. The maximum atomic E-state index is 13.7. The SMILES string of the molecule is [2H]c1c([2H])c([2H])c(C(F)(F)C([2H])([2H])[2H])c(N)c1[2H]. The highest BCUT2D eigenvalue weighted by Crippen LogP contribution is 2.30. The minimum absolute atomic E-state index is 0.789. The minimum Gasteiger partial charge on any atom is -0.398 e. The maximum Gasteiger partial charge on any atom is 0.272 e. The summed E-state index contributed by atoms with van der Waals surface area (Å²) in [5.74, 6) is -4.45. The fraction of sp³-hybridized carbons (Fsp3) is 0.250. The third kappa shape index (κ3) is 1.67. The molecule has 60 valence electrons. The first-order chi connectivity index (χ1) is 7.93. The Morgan fingerprint density at radius 2 is 2.18 bits per heavy atom. The Kier molecular flexibility index (Phi) is 0.619. The van der Waals surface area contributed by atoms with E-state index < -0.39 is 48.2 Å². The minimum atomic E-state index is -4.45. The smallest absolute Gasteiger partial charge is 0.272 e. The third-order valence-corrected chi connectivity index (χ3v) is 1.03. The quantitative estimate of drug-likeness (QED) is 0.633. The van der Waals surface area contributed by atoms with Crippen LogP contribution in [0.1, 0.15) is 22.0 Å². The first-order valence-electron chi connectivity index (χ1n) is 6.17. The van der Waals surface area contributed by atoms with Crippen LogP contribution < -0.4 is 5.73 Å². The van der Waals surface area contributed by atoms with Crippen LogP contribution in [0, 0.1) is 0 Å². The van der Waals surface area contributed by atoms with E-state index in [0.29, 0.717) is 0 Å². The Bertz CT molecular complexity index is 468. The molecule has 1 aromatic carbocycles. The molecule has 0 amide bonds. The number of anilines is 1. The summed E-state index contributed by atoms with van der Waals surface area (Å²) in [6, 6.07) is -3.76. The second-order valence-corrected chi connectivity index (χ2v) is 1.86. The van der Waals surface area contributed by atoms with E-state index >= 15 is 0 Å². The van der Waals surface area contributed by atoms with Crippen molar-refractivity contribution in [2.24, 2.45) is 0 Å². The van der Waals surface area contributed by atoms with Crippen molar-refractivity contribution >= 4 is 5.69 Å². The van der Waals surface area contributed by atoms with Crippen molar-refractivity contribution in [2.75, 3.05) is 5.73 Å². The van der Waals surface area contributed by atoms with Crippen LogP contribution in [0.15, 0.2) is 24.2 Å². The molecule has 11 heavy (non-hydrogen) atoms. The lowest BCUT2D eigenvalue weighted by Gasteiger charge is -2.12. The van der Waals surface area contributed by atoms with Gasteiger partial charge in [0, 0.05) is 22.2 Å². The number of nitrogen functional groups attached to an aromatic ring is 1. The predicted octanol–water partition coefficient (Wildman–Crippen LogP) is 2.38. The van der Waals surface area contributed by atoms with Gasteiger partial charge in [-0.3, -0.25) is 0 Å². The van der Waals surface area contributed by atoms with Gasteiger partial charge in [0.15, 0.2) is 0 Å². The summed E-state index contributed by atoms with van der Waals surface area (Å²) in [7, 11) is 0. The Morgan fingerprint density at radius 1 is 1.55 bits per heavy atom. The van der Waals surface area contributed by atoms with E-state index in [1.165, 1.54) is 0 Å². The van der Waals surface area contributed by atoms with E-state index in [4.69, 9.17) is 15.3 Å². The highest BCUT2D eigenvalue weighted by Gasteiger charge is 2.25. The Balaban J connectivity index is 3.72. The summed E-state index contributed by atoms with van der Waals surface area (Å²) in [4.78, 5) is 0. The van der Waals surface area contributed by atoms with Crippen LogP contribution in [-0.2, 0) is 5.92 Å². The zero-order valence-corrected chi connectivity index (χ0v) is 5.33. The van der Waals surface area contributed by atoms with E-state index in [2.05, 4.69) is 0 Å². The molecule has 0 saturated carbocycles. The normalized spacial score (nSPS) is 21.8. The number of nitrogens with two attached hydrogens (primary N) is 1. The molecule has 0 aliphatic heterocycles. The molecule has 0 fully saturated rings. The lowest BCUT2D eigenvalue weighted by molar-refractivity contribution is 0.0183. The molecule has 0 aliphatic rings. The van der Waals surface area contributed by atoms with Gasteiger partial charge in [0.2, 0.25) is 0 Å². The van der Waals surface area contributed by atoms with Crippen molar-refractivity contribution in [3.63, 3.8) is 0 Å². The van der Waals surface area contributed by atoms with Crippen LogP contribution in [0.4, 0.5) is 14.5 Å². The molecule has 0 heterocycles. The summed E-state index contributed by atoms with van der Waals surface area (Å²) in [5.41, 5.74) is 2.84. The molecule has 0 saturated heterocycles. The third-order valence-electron chi connectivity index (χ3n) is 1.03.